The molecule has 1 N–H and O–H groups in total. The Hall–Kier alpha value is -1.26. The first kappa shape index (κ1) is 15.3. The quantitative estimate of drug-likeness (QED) is 0.694. The Morgan fingerprint density at radius 3 is 2.17 bits per heavy atom. The van der Waals surface area contributed by atoms with Gasteiger partial charge in [-0.05, 0) is 32.7 Å². The van der Waals surface area contributed by atoms with Crippen LogP contribution in [0.3, 0.4) is 0 Å². The van der Waals surface area contributed by atoms with Crippen molar-refractivity contribution in [1.29, 1.82) is 0 Å². The first-order valence-electron chi connectivity index (χ1n) is 8.98. The molecule has 0 aromatic carbocycles. The van der Waals surface area contributed by atoms with Crippen molar-refractivity contribution in [3.63, 3.8) is 0 Å². The van der Waals surface area contributed by atoms with Gasteiger partial charge < -0.3 is 10.2 Å². The van der Waals surface area contributed by atoms with Crippen molar-refractivity contribution in [3.8, 4) is 0 Å². The van der Waals surface area contributed by atoms with E-state index in [0.29, 0.717) is 24.9 Å². The van der Waals surface area contributed by atoms with Crippen molar-refractivity contribution in [2.75, 3.05) is 20.1 Å². The number of carbonyl (C=O) groups is 2. The highest BCUT2D eigenvalue weighted by Gasteiger charge is 2.37. The molecule has 0 aromatic heterocycles. The molecule has 4 nitrogen and oxygen atoms in total. The van der Waals surface area contributed by atoms with E-state index in [9.17, 15) is 9.59 Å². The minimum Gasteiger partial charge on any atom is -0.311 e. The molecule has 0 spiro atoms. The maximum absolute atomic E-state index is 12.4. The first-order chi connectivity index (χ1) is 11.1. The molecular weight excluding hydrogens is 288 g/mol. The van der Waals surface area contributed by atoms with Gasteiger partial charge >= 0.3 is 0 Å². The zero-order valence-electron chi connectivity index (χ0n) is 13.9. The number of hydrogen-bond donors (Lipinski definition) is 1. The van der Waals surface area contributed by atoms with Crippen LogP contribution in [-0.2, 0) is 9.59 Å². The molecule has 0 aromatic rings. The highest BCUT2D eigenvalue weighted by molar-refractivity contribution is 5.93. The van der Waals surface area contributed by atoms with E-state index in [4.69, 9.17) is 0 Å². The number of Topliss-reactive ketones (excluding diaryl/α,β-unsaturated/α-hetero) is 2. The lowest BCUT2D eigenvalue weighted by Gasteiger charge is -2.41. The second-order valence-electron chi connectivity index (χ2n) is 7.74. The normalized spacial score (nSPS) is 38.5. The first-order valence-corrected chi connectivity index (χ1v) is 8.98. The summed E-state index contributed by atoms with van der Waals surface area (Å²) in [5.74, 6) is 0.130. The Balaban J connectivity index is 1.73. The number of piperazine rings is 1. The van der Waals surface area contributed by atoms with Gasteiger partial charge in [0.2, 0.25) is 0 Å². The Morgan fingerprint density at radius 1 is 0.957 bits per heavy atom. The smallest absolute Gasteiger partial charge is 0.141 e. The second kappa shape index (κ2) is 5.99. The summed E-state index contributed by atoms with van der Waals surface area (Å²) in [4.78, 5) is 27.3. The molecular formula is C19H26N2O2. The monoisotopic (exact) mass is 314 g/mol. The lowest BCUT2D eigenvalue weighted by molar-refractivity contribution is -0.130. The van der Waals surface area contributed by atoms with Crippen molar-refractivity contribution < 1.29 is 9.59 Å². The number of nitrogens with one attached hydrogen (secondary N) is 1. The average Bonchev–Trinajstić information content (AvgIpc) is 2.53. The van der Waals surface area contributed by atoms with Crippen LogP contribution in [0.4, 0.5) is 0 Å². The maximum atomic E-state index is 12.4. The third-order valence-electron chi connectivity index (χ3n) is 6.13. The minimum absolute atomic E-state index is 0.197. The molecule has 2 aliphatic carbocycles. The zero-order chi connectivity index (χ0) is 16.0. The van der Waals surface area contributed by atoms with Crippen molar-refractivity contribution >= 4 is 11.6 Å². The summed E-state index contributed by atoms with van der Waals surface area (Å²) in [5.41, 5.74) is 2.74. The summed E-state index contributed by atoms with van der Waals surface area (Å²) in [5, 5.41) is 3.70. The molecule has 3 aliphatic heterocycles. The van der Waals surface area contributed by atoms with E-state index in [1.54, 1.807) is 0 Å². The number of likely N-dealkylation sites (N-methyl/N-ethyl adjacent to an activating group) is 1. The zero-order valence-corrected chi connectivity index (χ0v) is 13.9. The van der Waals surface area contributed by atoms with Crippen LogP contribution < -0.4 is 5.32 Å². The molecule has 1 fully saturated rings. The number of fused-ring (bicyclic) bond motifs is 2. The number of carbonyl (C=O) groups excluding carboxylic acids is 2. The van der Waals surface area contributed by atoms with Gasteiger partial charge in [0.05, 0.1) is 0 Å². The van der Waals surface area contributed by atoms with Crippen molar-refractivity contribution in [1.82, 2.24) is 10.2 Å². The summed E-state index contributed by atoms with van der Waals surface area (Å²) in [6.45, 7) is 2.09. The van der Waals surface area contributed by atoms with Gasteiger partial charge in [0, 0.05) is 49.9 Å². The Morgan fingerprint density at radius 2 is 1.57 bits per heavy atom. The molecule has 23 heavy (non-hydrogen) atoms. The lowest BCUT2D eigenvalue weighted by Crippen LogP contribution is -2.55. The molecule has 5 rings (SSSR count). The molecule has 0 radical (unpaired) electrons. The van der Waals surface area contributed by atoms with E-state index < -0.39 is 0 Å². The summed E-state index contributed by atoms with van der Waals surface area (Å²) in [6, 6.07) is 0.982. The van der Waals surface area contributed by atoms with Gasteiger partial charge in [-0.3, -0.25) is 9.59 Å². The van der Waals surface area contributed by atoms with Crippen LogP contribution in [0.2, 0.25) is 0 Å². The third kappa shape index (κ3) is 2.94. The summed E-state index contributed by atoms with van der Waals surface area (Å²) in [6.07, 6.45) is 9.29. The summed E-state index contributed by atoms with van der Waals surface area (Å²) >= 11 is 0. The van der Waals surface area contributed by atoms with Crippen LogP contribution in [0.1, 0.15) is 38.5 Å². The highest BCUT2D eigenvalue weighted by Crippen LogP contribution is 2.36. The minimum atomic E-state index is -0.197. The number of allylic oxidation sites excluding steroid dienone is 2. The molecule has 6 bridgehead atoms. The second-order valence-corrected chi connectivity index (χ2v) is 7.74. The van der Waals surface area contributed by atoms with Crippen LogP contribution in [0.15, 0.2) is 23.3 Å². The fourth-order valence-corrected chi connectivity index (χ4v) is 4.71. The fourth-order valence-electron chi connectivity index (χ4n) is 4.71. The molecule has 5 aliphatic rings. The summed E-state index contributed by atoms with van der Waals surface area (Å²) < 4.78 is 0. The molecule has 4 heteroatoms. The molecule has 1 saturated heterocycles. The third-order valence-corrected chi connectivity index (χ3v) is 6.13. The van der Waals surface area contributed by atoms with E-state index >= 15 is 0 Å². The van der Waals surface area contributed by atoms with E-state index in [1.807, 2.05) is 0 Å². The number of hydrogen-bond acceptors (Lipinski definition) is 4. The van der Waals surface area contributed by atoms with Gasteiger partial charge in [-0.25, -0.2) is 0 Å². The average molecular weight is 314 g/mol. The molecule has 0 unspecified atom stereocenters. The number of nitrogens with zero attached hydrogens (tertiary/aromatic N) is 1. The van der Waals surface area contributed by atoms with Crippen LogP contribution in [0.25, 0.3) is 0 Å². The van der Waals surface area contributed by atoms with Gasteiger partial charge in [-0.2, -0.15) is 0 Å². The Bertz CT molecular complexity index is 592. The molecule has 4 atom stereocenters. The van der Waals surface area contributed by atoms with Crippen molar-refractivity contribution in [2.24, 2.45) is 11.8 Å². The number of rotatable bonds is 0. The van der Waals surface area contributed by atoms with E-state index in [2.05, 4.69) is 29.4 Å². The predicted molar refractivity (Wildman–Crippen MR) is 89.1 cm³/mol. The molecule has 0 amide bonds. The Labute approximate surface area is 138 Å². The van der Waals surface area contributed by atoms with E-state index in [0.717, 1.165) is 38.8 Å². The van der Waals surface area contributed by atoms with E-state index in [-0.39, 0.29) is 23.4 Å². The number of ketones is 2. The van der Waals surface area contributed by atoms with Gasteiger partial charge in [0.25, 0.3) is 0 Å². The van der Waals surface area contributed by atoms with Gasteiger partial charge in [0.1, 0.15) is 11.6 Å². The Kier molecular flexibility index (Phi) is 3.98. The highest BCUT2D eigenvalue weighted by atomic mass is 16.1. The SMILES string of the molecule is CN1C[C@@H]2CC3=C[C@@H](C(=O)CC3)[C@H]3C=C(CCC3=O)C[C@@H]1CN2. The topological polar surface area (TPSA) is 49.4 Å². The standard InChI is InChI=1S/C19H26N2O2/c1-21-11-14-6-12-2-4-18(22)16(8-12)17-9-13(3-5-19(17)23)7-15(21)10-20-14/h8-9,14-17,20H,2-7,10-11H2,1H3/t14-,15+,16+,17+/m0/s1. The van der Waals surface area contributed by atoms with Crippen LogP contribution >= 0.6 is 0 Å². The molecule has 3 heterocycles. The van der Waals surface area contributed by atoms with Gasteiger partial charge in [-0.1, -0.05) is 23.3 Å². The maximum Gasteiger partial charge on any atom is 0.141 e. The van der Waals surface area contributed by atoms with Crippen LogP contribution in [0.5, 0.6) is 0 Å². The van der Waals surface area contributed by atoms with Crippen LogP contribution in [0, 0.1) is 11.8 Å². The van der Waals surface area contributed by atoms with Crippen molar-refractivity contribution in [3.05, 3.63) is 23.3 Å². The van der Waals surface area contributed by atoms with E-state index in [1.165, 1.54) is 11.1 Å². The molecule has 0 saturated carbocycles. The van der Waals surface area contributed by atoms with Crippen molar-refractivity contribution in [2.45, 2.75) is 50.6 Å². The van der Waals surface area contributed by atoms with Crippen LogP contribution in [-0.4, -0.2) is 48.7 Å². The summed E-state index contributed by atoms with van der Waals surface area (Å²) in [7, 11) is 2.22. The molecule has 124 valence electrons. The largest absolute Gasteiger partial charge is 0.311 e. The van der Waals surface area contributed by atoms with Gasteiger partial charge in [-0.15, -0.1) is 0 Å². The lowest BCUT2D eigenvalue weighted by atomic mass is 9.73. The van der Waals surface area contributed by atoms with Gasteiger partial charge in [0.15, 0.2) is 0 Å². The predicted octanol–water partition coefficient (Wildman–Crippen LogP) is 1.86. The fraction of sp³-hybridized carbons (Fsp3) is 0.684.